The summed E-state index contributed by atoms with van der Waals surface area (Å²) in [7, 11) is 2.56. The number of allylic oxidation sites excluding steroid dienone is 1. The molecule has 2 atom stereocenters. The van der Waals surface area contributed by atoms with E-state index in [4.69, 9.17) is 25.5 Å². The normalized spacial score (nSPS) is 18.0. The molecule has 0 saturated carbocycles. The van der Waals surface area contributed by atoms with Gasteiger partial charge in [0.05, 0.1) is 36.1 Å². The van der Waals surface area contributed by atoms with Crippen molar-refractivity contribution in [3.8, 4) is 11.5 Å². The number of aliphatic imine (C=N–C) groups is 1. The Balaban J connectivity index is 1.40. The quantitative estimate of drug-likeness (QED) is 0.210. The monoisotopic (exact) mass is 624 g/mol. The molecule has 0 radical (unpaired) electrons. The molecule has 0 saturated heterocycles. The molecule has 2 aromatic carbocycles. The van der Waals surface area contributed by atoms with Gasteiger partial charge >= 0.3 is 11.9 Å². The number of nitrogens with zero attached hydrogens (tertiary/aromatic N) is 3. The van der Waals surface area contributed by atoms with E-state index < -0.39 is 34.6 Å². The van der Waals surface area contributed by atoms with E-state index in [9.17, 15) is 18.4 Å². The SMILES string of the molecule is COC(=O)C1=C(C2CCc3nc(-c4ccc(C(=O)OC)cc4)oc3C2)NC(c2nccs2)=NC1c1ccc(F)c(F)c1Cl. The second kappa shape index (κ2) is 11.7. The Morgan fingerprint density at radius 1 is 1.09 bits per heavy atom. The first-order valence-corrected chi connectivity index (χ1v) is 14.4. The Hall–Kier alpha value is -4.42. The van der Waals surface area contributed by atoms with Gasteiger partial charge in [0.15, 0.2) is 22.5 Å². The van der Waals surface area contributed by atoms with Crippen molar-refractivity contribution in [3.05, 3.63) is 103 Å². The fourth-order valence-electron chi connectivity index (χ4n) is 5.26. The lowest BCUT2D eigenvalue weighted by atomic mass is 9.83. The number of rotatable bonds is 6. The second-order valence-electron chi connectivity index (χ2n) is 9.82. The van der Waals surface area contributed by atoms with Crippen molar-refractivity contribution in [3.63, 3.8) is 0 Å². The van der Waals surface area contributed by atoms with E-state index in [1.807, 2.05) is 0 Å². The number of benzene rings is 2. The highest BCUT2D eigenvalue weighted by molar-refractivity contribution is 7.11. The summed E-state index contributed by atoms with van der Waals surface area (Å²) in [6.45, 7) is 0. The van der Waals surface area contributed by atoms with Crippen molar-refractivity contribution < 1.29 is 32.3 Å². The van der Waals surface area contributed by atoms with Crippen LogP contribution in [0.3, 0.4) is 0 Å². The van der Waals surface area contributed by atoms with Crippen molar-refractivity contribution in [2.24, 2.45) is 10.9 Å². The second-order valence-corrected chi connectivity index (χ2v) is 11.1. The van der Waals surface area contributed by atoms with E-state index in [-0.39, 0.29) is 17.1 Å². The molecule has 2 aromatic heterocycles. The zero-order valence-electron chi connectivity index (χ0n) is 22.8. The molecule has 6 rings (SSSR count). The number of hydrogen-bond donors (Lipinski definition) is 1. The predicted molar refractivity (Wildman–Crippen MR) is 154 cm³/mol. The van der Waals surface area contributed by atoms with Crippen LogP contribution in [0.15, 0.2) is 68.7 Å². The average Bonchev–Trinajstić information content (AvgIpc) is 3.73. The summed E-state index contributed by atoms with van der Waals surface area (Å²) in [6.07, 6.45) is 3.13. The number of halogens is 3. The van der Waals surface area contributed by atoms with Crippen molar-refractivity contribution in [1.82, 2.24) is 15.3 Å². The maximum Gasteiger partial charge on any atom is 0.338 e. The molecule has 0 bridgehead atoms. The minimum absolute atomic E-state index is 0.114. The molecule has 3 heterocycles. The van der Waals surface area contributed by atoms with Gasteiger partial charge in [0.25, 0.3) is 0 Å². The molecule has 1 aliphatic heterocycles. The number of oxazole rings is 1. The Bertz CT molecular complexity index is 1790. The first-order valence-electron chi connectivity index (χ1n) is 13.2. The smallest absolute Gasteiger partial charge is 0.338 e. The van der Waals surface area contributed by atoms with E-state index in [0.717, 1.165) is 11.8 Å². The van der Waals surface area contributed by atoms with Crippen LogP contribution in [0.2, 0.25) is 5.02 Å². The topological polar surface area (TPSA) is 116 Å². The van der Waals surface area contributed by atoms with Crippen LogP contribution < -0.4 is 5.32 Å². The molecule has 4 aromatic rings. The van der Waals surface area contributed by atoms with Crippen molar-refractivity contribution >= 4 is 40.7 Å². The van der Waals surface area contributed by atoms with Gasteiger partial charge in [-0.05, 0) is 43.2 Å². The third-order valence-electron chi connectivity index (χ3n) is 7.38. The molecule has 9 nitrogen and oxygen atoms in total. The maximum atomic E-state index is 14.6. The van der Waals surface area contributed by atoms with E-state index in [1.54, 1.807) is 35.8 Å². The van der Waals surface area contributed by atoms with Crippen LogP contribution in [0.25, 0.3) is 11.5 Å². The molecule has 1 aliphatic carbocycles. The largest absolute Gasteiger partial charge is 0.466 e. The molecule has 43 heavy (non-hydrogen) atoms. The number of aryl methyl sites for hydroxylation is 1. The van der Waals surface area contributed by atoms with Crippen molar-refractivity contribution in [2.45, 2.75) is 25.3 Å². The van der Waals surface area contributed by atoms with Crippen LogP contribution in [-0.4, -0.2) is 42.0 Å². The predicted octanol–water partition coefficient (Wildman–Crippen LogP) is 5.84. The van der Waals surface area contributed by atoms with Gasteiger partial charge in [0, 0.05) is 40.7 Å². The highest BCUT2D eigenvalue weighted by Crippen LogP contribution is 2.42. The number of thiazole rings is 1. The average molecular weight is 625 g/mol. The van der Waals surface area contributed by atoms with E-state index in [2.05, 4.69) is 20.3 Å². The van der Waals surface area contributed by atoms with Crippen LogP contribution in [0, 0.1) is 17.6 Å². The number of hydrogen-bond acceptors (Lipinski definition) is 10. The van der Waals surface area contributed by atoms with Gasteiger partial charge in [-0.2, -0.15) is 0 Å². The highest BCUT2D eigenvalue weighted by atomic mass is 35.5. The highest BCUT2D eigenvalue weighted by Gasteiger charge is 2.39. The van der Waals surface area contributed by atoms with Crippen LogP contribution in [0.5, 0.6) is 0 Å². The standard InChI is InChI=1S/C30H23ClF2N4O5S/c1-40-29(38)15-5-3-14(4-6-15)27-35-19-10-7-16(13-20(19)42-27)24-21(30(39)41-2)25(17-8-9-18(32)23(33)22(17)31)37-26(36-24)28-34-11-12-43-28/h3-6,8-9,11-12,16,25H,7,10,13H2,1-2H3,(H,36,37). The molecule has 0 fully saturated rings. The minimum Gasteiger partial charge on any atom is -0.466 e. The Labute approximate surface area is 253 Å². The molecular formula is C30H23ClF2N4O5S. The summed E-state index contributed by atoms with van der Waals surface area (Å²) in [5.41, 5.74) is 2.62. The molecular weight excluding hydrogens is 602 g/mol. The molecule has 0 spiro atoms. The zero-order chi connectivity index (χ0) is 30.2. The fraction of sp³-hybridized carbons (Fsp3) is 0.233. The minimum atomic E-state index is -1.23. The summed E-state index contributed by atoms with van der Waals surface area (Å²) in [6, 6.07) is 7.90. The summed E-state index contributed by atoms with van der Waals surface area (Å²) in [5, 5.41) is 5.13. The van der Waals surface area contributed by atoms with Crippen LogP contribution in [0.1, 0.15) is 44.8 Å². The molecule has 2 unspecified atom stereocenters. The zero-order valence-corrected chi connectivity index (χ0v) is 24.4. The Morgan fingerprint density at radius 2 is 1.86 bits per heavy atom. The number of esters is 2. The molecule has 220 valence electrons. The number of nitrogens with one attached hydrogen (secondary N) is 1. The van der Waals surface area contributed by atoms with Crippen LogP contribution >= 0.6 is 22.9 Å². The summed E-state index contributed by atoms with van der Waals surface area (Å²) < 4.78 is 44.7. The van der Waals surface area contributed by atoms with Gasteiger partial charge in [-0.25, -0.2) is 28.3 Å². The van der Waals surface area contributed by atoms with E-state index in [1.165, 1.54) is 31.6 Å². The number of ether oxygens (including phenoxy) is 2. The number of carbonyl (C=O) groups excluding carboxylic acids is 2. The van der Waals surface area contributed by atoms with Gasteiger partial charge in [-0.3, -0.25) is 4.99 Å². The summed E-state index contributed by atoms with van der Waals surface area (Å²) in [5.74, 6) is -2.36. The van der Waals surface area contributed by atoms with Crippen molar-refractivity contribution in [1.29, 1.82) is 0 Å². The van der Waals surface area contributed by atoms with Gasteiger partial charge < -0.3 is 19.2 Å². The summed E-state index contributed by atoms with van der Waals surface area (Å²) in [4.78, 5) is 38.8. The fourth-order valence-corrected chi connectivity index (χ4v) is 6.10. The number of carbonyl (C=O) groups is 2. The molecule has 1 N–H and O–H groups in total. The van der Waals surface area contributed by atoms with E-state index in [0.29, 0.717) is 58.6 Å². The van der Waals surface area contributed by atoms with Gasteiger partial charge in [-0.1, -0.05) is 17.7 Å². The van der Waals surface area contributed by atoms with E-state index >= 15 is 0 Å². The molecule has 0 amide bonds. The first kappa shape index (κ1) is 28.7. The lowest BCUT2D eigenvalue weighted by molar-refractivity contribution is -0.136. The maximum absolute atomic E-state index is 14.6. The Morgan fingerprint density at radius 3 is 2.56 bits per heavy atom. The third-order valence-corrected chi connectivity index (χ3v) is 8.54. The van der Waals surface area contributed by atoms with Gasteiger partial charge in [0.2, 0.25) is 5.89 Å². The molecule has 13 heteroatoms. The number of amidine groups is 1. The van der Waals surface area contributed by atoms with Crippen molar-refractivity contribution in [2.75, 3.05) is 14.2 Å². The third kappa shape index (κ3) is 5.32. The van der Waals surface area contributed by atoms with Crippen LogP contribution in [0.4, 0.5) is 8.78 Å². The first-order chi connectivity index (χ1) is 20.8. The van der Waals surface area contributed by atoms with Crippen LogP contribution in [-0.2, 0) is 27.1 Å². The lowest BCUT2D eigenvalue weighted by Gasteiger charge is -2.32. The summed E-state index contributed by atoms with van der Waals surface area (Å²) >= 11 is 7.60. The lowest BCUT2D eigenvalue weighted by Crippen LogP contribution is -2.38. The molecule has 2 aliphatic rings. The van der Waals surface area contributed by atoms with Gasteiger partial charge in [-0.15, -0.1) is 11.3 Å². The van der Waals surface area contributed by atoms with Gasteiger partial charge in [0.1, 0.15) is 11.8 Å². The Kier molecular flexibility index (Phi) is 7.80. The number of fused-ring (bicyclic) bond motifs is 1. The number of methoxy groups -OCH3 is 2. The number of aromatic nitrogens is 2.